The summed E-state index contributed by atoms with van der Waals surface area (Å²) in [5.41, 5.74) is 8.54. The zero-order valence-corrected chi connectivity index (χ0v) is 32.2. The fourth-order valence-electron chi connectivity index (χ4n) is 8.93. The lowest BCUT2D eigenvalue weighted by molar-refractivity contribution is -0.136. The zero-order valence-electron chi connectivity index (χ0n) is 32.2. The number of aromatic hydroxyl groups is 1. The third-order valence-electron chi connectivity index (χ3n) is 12.0. The van der Waals surface area contributed by atoms with Gasteiger partial charge in [0.05, 0.1) is 0 Å². The van der Waals surface area contributed by atoms with Crippen LogP contribution in [0, 0.1) is 0 Å². The highest BCUT2D eigenvalue weighted by atomic mass is 16.5. The summed E-state index contributed by atoms with van der Waals surface area (Å²) in [6, 6.07) is 32.4. The Hall–Kier alpha value is -5.45. The Morgan fingerprint density at radius 2 is 1.48 bits per heavy atom. The lowest BCUT2D eigenvalue weighted by Crippen LogP contribution is -2.53. The van der Waals surface area contributed by atoms with Crippen LogP contribution >= 0.6 is 0 Å². The molecule has 0 bridgehead atoms. The monoisotopic (exact) mass is 753 g/mol. The van der Waals surface area contributed by atoms with Crippen LogP contribution in [0.4, 0.5) is 5.69 Å². The van der Waals surface area contributed by atoms with Gasteiger partial charge in [-0.3, -0.25) is 29.5 Å². The molecular weight excluding hydrogens is 703 g/mol. The number of fused-ring (bicyclic) bond motifs is 1. The molecule has 290 valence electrons. The van der Waals surface area contributed by atoms with Crippen molar-refractivity contribution in [3.8, 4) is 11.5 Å². The lowest BCUT2D eigenvalue weighted by Gasteiger charge is -2.43. The fraction of sp³-hybridized carbons (Fsp3) is 0.370. The Balaban J connectivity index is 0.800. The Bertz CT molecular complexity index is 2070. The number of phenolic OH excluding ortho intramolecular Hbond substituents is 1. The van der Waals surface area contributed by atoms with Gasteiger partial charge in [0.15, 0.2) is 0 Å². The number of nitrogens with one attached hydrogen (secondary N) is 1. The first-order valence-electron chi connectivity index (χ1n) is 20.1. The highest BCUT2D eigenvalue weighted by Gasteiger charge is 2.39. The fourth-order valence-corrected chi connectivity index (χ4v) is 8.93. The molecule has 3 saturated heterocycles. The van der Waals surface area contributed by atoms with Crippen LogP contribution in [0.15, 0.2) is 97.1 Å². The molecule has 1 unspecified atom stereocenters. The molecule has 56 heavy (non-hydrogen) atoms. The number of allylic oxidation sites excluding steroid dienone is 1. The summed E-state index contributed by atoms with van der Waals surface area (Å²) in [5.74, 6) is 0.351. The molecular formula is C46H51N5O5. The lowest BCUT2D eigenvalue weighted by atomic mass is 9.88. The summed E-state index contributed by atoms with van der Waals surface area (Å²) in [5, 5.41) is 12.3. The molecule has 4 aromatic carbocycles. The van der Waals surface area contributed by atoms with Crippen molar-refractivity contribution in [2.24, 2.45) is 0 Å². The number of nitrogens with zero attached hydrogens (tertiary/aromatic N) is 4. The van der Waals surface area contributed by atoms with Crippen LogP contribution in [0.1, 0.15) is 71.6 Å². The summed E-state index contributed by atoms with van der Waals surface area (Å²) >= 11 is 0. The molecule has 1 atom stereocenters. The molecule has 3 amide bonds. The van der Waals surface area contributed by atoms with Gasteiger partial charge in [-0.05, 0) is 115 Å². The van der Waals surface area contributed by atoms with E-state index in [9.17, 15) is 19.5 Å². The Labute approximate surface area is 329 Å². The standard InChI is InChI=1S/C46H51N5O5/c1-2-40(32-6-4-3-5-7-32)44(33-8-13-38(52)14-9-33)34-10-15-39(16-11-34)56-29-28-48-22-20-36(21-23-48)49-24-26-50(27-25-49)37-12-17-41-35(30-37)31-51(46(41)55)42-18-19-43(53)47-45(42)54/h3-17,30,36,42,52H,2,18-29,31H2,1H3,(H,47,53,54)/b44-40-. The molecule has 8 rings (SSSR count). The first kappa shape index (κ1) is 37.5. The smallest absolute Gasteiger partial charge is 0.255 e. The second-order valence-corrected chi connectivity index (χ2v) is 15.3. The van der Waals surface area contributed by atoms with Crippen molar-refractivity contribution in [2.75, 3.05) is 57.3 Å². The second-order valence-electron chi connectivity index (χ2n) is 15.3. The molecule has 10 nitrogen and oxygen atoms in total. The van der Waals surface area contributed by atoms with Crippen LogP contribution < -0.4 is 15.0 Å². The first-order chi connectivity index (χ1) is 27.3. The van der Waals surface area contributed by atoms with Gasteiger partial charge in [0.25, 0.3) is 5.91 Å². The number of hydrogen-bond acceptors (Lipinski definition) is 8. The number of hydrogen-bond donors (Lipinski definition) is 2. The van der Waals surface area contributed by atoms with Crippen molar-refractivity contribution < 1.29 is 24.2 Å². The highest BCUT2D eigenvalue weighted by molar-refractivity contribution is 6.05. The van der Waals surface area contributed by atoms with Crippen molar-refractivity contribution >= 4 is 34.6 Å². The van der Waals surface area contributed by atoms with Gasteiger partial charge in [-0.25, -0.2) is 0 Å². The number of anilines is 1. The summed E-state index contributed by atoms with van der Waals surface area (Å²) in [4.78, 5) is 46.4. The summed E-state index contributed by atoms with van der Waals surface area (Å²) in [7, 11) is 0. The van der Waals surface area contributed by atoms with Crippen LogP contribution in [0.3, 0.4) is 0 Å². The van der Waals surface area contributed by atoms with E-state index in [1.165, 1.54) is 11.1 Å². The number of ether oxygens (including phenoxy) is 1. The topological polar surface area (TPSA) is 106 Å². The van der Waals surface area contributed by atoms with Crippen molar-refractivity contribution in [1.29, 1.82) is 0 Å². The van der Waals surface area contributed by atoms with E-state index in [1.54, 1.807) is 17.0 Å². The molecule has 0 aliphatic carbocycles. The summed E-state index contributed by atoms with van der Waals surface area (Å²) in [6.45, 7) is 10.2. The molecule has 4 aliphatic heterocycles. The van der Waals surface area contributed by atoms with Crippen LogP contribution in [0.2, 0.25) is 0 Å². The van der Waals surface area contributed by atoms with Crippen LogP contribution in [-0.2, 0) is 16.1 Å². The van der Waals surface area contributed by atoms with Gasteiger partial charge in [0.1, 0.15) is 24.1 Å². The van der Waals surface area contributed by atoms with Crippen molar-refractivity contribution in [1.82, 2.24) is 20.0 Å². The third kappa shape index (κ3) is 8.08. The maximum Gasteiger partial charge on any atom is 0.255 e. The van der Waals surface area contributed by atoms with Gasteiger partial charge < -0.3 is 19.6 Å². The van der Waals surface area contributed by atoms with Gasteiger partial charge in [-0.1, -0.05) is 61.5 Å². The van der Waals surface area contributed by atoms with Crippen molar-refractivity contribution in [2.45, 2.75) is 57.7 Å². The summed E-state index contributed by atoms with van der Waals surface area (Å²) in [6.07, 6.45) is 3.81. The zero-order chi connectivity index (χ0) is 38.6. The number of likely N-dealkylation sites (tertiary alicyclic amines) is 1. The van der Waals surface area contributed by atoms with E-state index in [0.29, 0.717) is 31.2 Å². The Morgan fingerprint density at radius 1 is 0.786 bits per heavy atom. The van der Waals surface area contributed by atoms with Gasteiger partial charge >= 0.3 is 0 Å². The molecule has 0 saturated carbocycles. The predicted molar refractivity (Wildman–Crippen MR) is 218 cm³/mol. The first-order valence-corrected chi connectivity index (χ1v) is 20.1. The summed E-state index contributed by atoms with van der Waals surface area (Å²) < 4.78 is 6.25. The van der Waals surface area contributed by atoms with E-state index in [-0.39, 0.29) is 29.9 Å². The number of phenols is 1. The van der Waals surface area contributed by atoms with E-state index in [2.05, 4.69) is 81.5 Å². The number of benzene rings is 4. The van der Waals surface area contributed by atoms with Crippen LogP contribution in [-0.4, -0.2) is 102 Å². The number of piperazine rings is 1. The second kappa shape index (κ2) is 16.7. The van der Waals surface area contributed by atoms with Crippen molar-refractivity contribution in [3.05, 3.63) is 125 Å². The maximum absolute atomic E-state index is 13.1. The van der Waals surface area contributed by atoms with E-state index in [4.69, 9.17) is 4.74 Å². The van der Waals surface area contributed by atoms with Gasteiger partial charge in [0, 0.05) is 63.0 Å². The molecule has 0 radical (unpaired) electrons. The number of carbonyl (C=O) groups excluding carboxylic acids is 3. The highest BCUT2D eigenvalue weighted by Crippen LogP contribution is 2.36. The van der Waals surface area contributed by atoms with Gasteiger partial charge in [-0.15, -0.1) is 0 Å². The molecule has 10 heteroatoms. The molecule has 2 N–H and O–H groups in total. The minimum Gasteiger partial charge on any atom is -0.508 e. The van der Waals surface area contributed by atoms with E-state index < -0.39 is 6.04 Å². The third-order valence-corrected chi connectivity index (χ3v) is 12.0. The van der Waals surface area contributed by atoms with Gasteiger partial charge in [0.2, 0.25) is 11.8 Å². The minimum absolute atomic E-state index is 0.128. The van der Waals surface area contributed by atoms with E-state index in [0.717, 1.165) is 98.8 Å². The van der Waals surface area contributed by atoms with E-state index in [1.807, 2.05) is 30.3 Å². The van der Waals surface area contributed by atoms with Crippen LogP contribution in [0.5, 0.6) is 11.5 Å². The normalized spacial score (nSPS) is 20.2. The number of carbonyl (C=O) groups is 3. The molecule has 0 aromatic heterocycles. The number of rotatable bonds is 11. The van der Waals surface area contributed by atoms with Gasteiger partial charge in [-0.2, -0.15) is 0 Å². The number of imide groups is 1. The molecule has 4 aromatic rings. The SMILES string of the molecule is CC/C(=C(\c1ccc(O)cc1)c1ccc(OCCN2CCC(N3CCN(c4ccc5c(c4)CN(C4CCC(=O)NC4=O)C5=O)CC3)CC2)cc1)c1ccccc1. The Morgan fingerprint density at radius 3 is 2.16 bits per heavy atom. The molecule has 0 spiro atoms. The average molecular weight is 754 g/mol. The maximum atomic E-state index is 13.1. The Kier molecular flexibility index (Phi) is 11.2. The van der Waals surface area contributed by atoms with Crippen molar-refractivity contribution in [3.63, 3.8) is 0 Å². The molecule has 4 heterocycles. The number of piperidine rings is 2. The predicted octanol–water partition coefficient (Wildman–Crippen LogP) is 6.19. The average Bonchev–Trinajstić information content (AvgIpc) is 3.56. The quantitative estimate of drug-likeness (QED) is 0.138. The molecule has 3 fully saturated rings. The largest absolute Gasteiger partial charge is 0.508 e. The molecule has 4 aliphatic rings. The number of amides is 3. The van der Waals surface area contributed by atoms with Crippen LogP contribution in [0.25, 0.3) is 11.1 Å². The van der Waals surface area contributed by atoms with E-state index >= 15 is 0 Å². The minimum atomic E-state index is -0.591.